The molecule has 0 spiro atoms. The van der Waals surface area contributed by atoms with Gasteiger partial charge in [-0.1, -0.05) is 6.92 Å². The molecule has 0 heterocycles. The minimum absolute atomic E-state index is 0.00980. The first-order valence-corrected chi connectivity index (χ1v) is 6.52. The van der Waals surface area contributed by atoms with Gasteiger partial charge in [-0.2, -0.15) is 4.86 Å². The van der Waals surface area contributed by atoms with Gasteiger partial charge in [0.25, 0.3) is 0 Å². The normalized spacial score (nSPS) is 12.5. The van der Waals surface area contributed by atoms with Gasteiger partial charge in [-0.25, -0.2) is 13.6 Å². The van der Waals surface area contributed by atoms with E-state index in [4.69, 9.17) is 5.14 Å². The molecule has 0 aliphatic rings. The van der Waals surface area contributed by atoms with Gasteiger partial charge in [0, 0.05) is 0 Å². The molecule has 0 saturated heterocycles. The molecule has 0 unspecified atom stereocenters. The molecule has 0 aliphatic heterocycles. The summed E-state index contributed by atoms with van der Waals surface area (Å²) in [6.45, 7) is 2.16. The highest BCUT2D eigenvalue weighted by Crippen LogP contribution is 2.12. The average Bonchev–Trinajstić information content (AvgIpc) is 2.26. The van der Waals surface area contributed by atoms with Crippen molar-refractivity contribution >= 4 is 15.7 Å². The van der Waals surface area contributed by atoms with Gasteiger partial charge in [0.15, 0.2) is 0 Å². The van der Waals surface area contributed by atoms with E-state index in [-0.39, 0.29) is 4.90 Å². The maximum Gasteiger partial charge on any atom is 0.238 e. The average molecular weight is 258 g/mol. The summed E-state index contributed by atoms with van der Waals surface area (Å²) >= 11 is 0. The second kappa shape index (κ2) is 5.60. The molecule has 0 radical (unpaired) electrons. The Bertz CT molecular complexity index is 495. The second-order valence-corrected chi connectivity index (χ2v) is 4.92. The summed E-state index contributed by atoms with van der Waals surface area (Å²) < 4.78 is 21.9. The molecule has 0 amide bonds. The van der Waals surface area contributed by atoms with Crippen molar-refractivity contribution < 1.29 is 13.3 Å². The van der Waals surface area contributed by atoms with Crippen molar-refractivity contribution in [1.82, 2.24) is 0 Å². The van der Waals surface area contributed by atoms with Gasteiger partial charge in [0.05, 0.1) is 10.1 Å². The lowest BCUT2D eigenvalue weighted by Crippen LogP contribution is -2.11. The van der Waals surface area contributed by atoms with Gasteiger partial charge in [0.1, 0.15) is 12.2 Å². The smallest absolute Gasteiger partial charge is 0.238 e. The molecule has 7 nitrogen and oxygen atoms in total. The Morgan fingerprint density at radius 3 is 2.47 bits per heavy atom. The van der Waals surface area contributed by atoms with Crippen LogP contribution in [0.15, 0.2) is 34.4 Å². The third kappa shape index (κ3) is 4.37. The fraction of sp³-hybridized carbons (Fsp3) is 0.333. The van der Waals surface area contributed by atoms with Crippen molar-refractivity contribution in [3.05, 3.63) is 29.5 Å². The molecule has 0 atom stereocenters. The van der Waals surface area contributed by atoms with Crippen molar-refractivity contribution in [1.29, 1.82) is 0 Å². The maximum atomic E-state index is 11.0. The van der Waals surface area contributed by atoms with E-state index in [2.05, 4.69) is 10.6 Å². The van der Waals surface area contributed by atoms with E-state index >= 15 is 0 Å². The van der Waals surface area contributed by atoms with E-state index in [1.807, 2.05) is 6.92 Å². The Balaban J connectivity index is 2.73. The molecule has 0 bridgehead atoms. The fourth-order valence-electron chi connectivity index (χ4n) is 1.07. The molecule has 3 N–H and O–H groups in total. The molecule has 1 aromatic carbocycles. The van der Waals surface area contributed by atoms with E-state index in [1.165, 1.54) is 24.3 Å². The maximum absolute atomic E-state index is 11.0. The lowest BCUT2D eigenvalue weighted by molar-refractivity contribution is -0.528. The Morgan fingerprint density at radius 2 is 2.00 bits per heavy atom. The van der Waals surface area contributed by atoms with Crippen molar-refractivity contribution in [2.45, 2.75) is 18.2 Å². The van der Waals surface area contributed by atoms with Gasteiger partial charge in [-0.05, 0) is 30.7 Å². The summed E-state index contributed by atoms with van der Waals surface area (Å²) in [5.74, 6) is 0. The molecule has 0 aromatic heterocycles. The van der Waals surface area contributed by atoms with Crippen molar-refractivity contribution in [2.75, 3.05) is 12.0 Å². The molecule has 0 fully saturated rings. The number of nitrogens with one attached hydrogen (secondary N) is 1. The van der Waals surface area contributed by atoms with Gasteiger partial charge in [0.2, 0.25) is 10.0 Å². The molecule has 1 aromatic rings. The van der Waals surface area contributed by atoms with Crippen molar-refractivity contribution in [2.24, 2.45) is 10.4 Å². The zero-order chi connectivity index (χ0) is 12.9. The van der Waals surface area contributed by atoms with Gasteiger partial charge < -0.3 is 5.21 Å². The summed E-state index contributed by atoms with van der Waals surface area (Å²) in [5, 5.41) is 19.5. The highest BCUT2D eigenvalue weighted by Gasteiger charge is 2.07. The molecule has 0 saturated carbocycles. The Morgan fingerprint density at radius 1 is 1.41 bits per heavy atom. The van der Waals surface area contributed by atoms with E-state index in [1.54, 1.807) is 0 Å². The number of hydroxylamine groups is 1. The Hall–Kier alpha value is -1.67. The van der Waals surface area contributed by atoms with Crippen LogP contribution in [0.3, 0.4) is 0 Å². The molecule has 1 rings (SSSR count). The highest BCUT2D eigenvalue weighted by molar-refractivity contribution is 7.89. The Labute approximate surface area is 99.6 Å². The number of nitrogens with two attached hydrogens (primary N) is 1. The molecule has 17 heavy (non-hydrogen) atoms. The minimum Gasteiger partial charge on any atom is -0.696 e. The van der Waals surface area contributed by atoms with Crippen LogP contribution in [0.4, 0.5) is 5.69 Å². The summed E-state index contributed by atoms with van der Waals surface area (Å²) in [6.07, 6.45) is 0.693. The largest absolute Gasteiger partial charge is 0.696 e. The SMILES string of the molecule is CCC[N+]([O-])=NNc1ccc(S(N)(=O)=O)cc1. The highest BCUT2D eigenvalue weighted by atomic mass is 32.2. The van der Waals surface area contributed by atoms with Crippen LogP contribution >= 0.6 is 0 Å². The lowest BCUT2D eigenvalue weighted by Gasteiger charge is -2.03. The number of anilines is 1. The lowest BCUT2D eigenvalue weighted by atomic mass is 10.3. The summed E-state index contributed by atoms with van der Waals surface area (Å²) in [6, 6.07) is 5.62. The predicted octanol–water partition coefficient (Wildman–Crippen LogP) is 1.03. The molecule has 8 heteroatoms. The number of hydrogen-bond donors (Lipinski definition) is 2. The first kappa shape index (κ1) is 13.4. The quantitative estimate of drug-likeness (QED) is 0.467. The van der Waals surface area contributed by atoms with Crippen LogP contribution in [0.2, 0.25) is 0 Å². The number of benzene rings is 1. The standard InChI is InChI=1S/C9H14N4O3S/c1-2-7-13(14)12-11-8-3-5-9(6-4-8)17(10,15)16/h3-6,11H,2,7H2,1H3,(H2,10,15,16). The third-order valence-corrected chi connectivity index (χ3v) is 2.82. The molecule has 94 valence electrons. The second-order valence-electron chi connectivity index (χ2n) is 3.36. The first-order chi connectivity index (χ1) is 7.93. The van der Waals surface area contributed by atoms with E-state index in [0.29, 0.717) is 23.5 Å². The molecular formula is C9H14N4O3S. The number of rotatable bonds is 5. The Kier molecular flexibility index (Phi) is 4.41. The van der Waals surface area contributed by atoms with Gasteiger partial charge in [-0.15, -0.1) is 5.43 Å². The van der Waals surface area contributed by atoms with Crippen LogP contribution in [0, 0.1) is 5.21 Å². The minimum atomic E-state index is -3.69. The van der Waals surface area contributed by atoms with Gasteiger partial charge in [-0.3, -0.25) is 0 Å². The molecule has 0 aliphatic carbocycles. The number of nitrogens with zero attached hydrogens (tertiary/aromatic N) is 2. The summed E-state index contributed by atoms with van der Waals surface area (Å²) in [7, 11) is -3.69. The topological polar surface area (TPSA) is 111 Å². The van der Waals surface area contributed by atoms with E-state index in [0.717, 1.165) is 0 Å². The zero-order valence-corrected chi connectivity index (χ0v) is 10.1. The van der Waals surface area contributed by atoms with Crippen LogP contribution in [-0.2, 0) is 10.0 Å². The first-order valence-electron chi connectivity index (χ1n) is 4.97. The fourth-order valence-corrected chi connectivity index (χ4v) is 1.59. The molecular weight excluding hydrogens is 244 g/mol. The number of sulfonamides is 1. The predicted molar refractivity (Wildman–Crippen MR) is 62.7 cm³/mol. The number of hydrogen-bond acceptors (Lipinski definition) is 4. The van der Waals surface area contributed by atoms with Crippen LogP contribution in [0.5, 0.6) is 0 Å². The monoisotopic (exact) mass is 258 g/mol. The van der Waals surface area contributed by atoms with Crippen molar-refractivity contribution in [3.63, 3.8) is 0 Å². The third-order valence-electron chi connectivity index (χ3n) is 1.89. The van der Waals surface area contributed by atoms with Crippen LogP contribution in [0.25, 0.3) is 0 Å². The van der Waals surface area contributed by atoms with E-state index in [9.17, 15) is 13.6 Å². The summed E-state index contributed by atoms with van der Waals surface area (Å²) in [4.78, 5) is 0.531. The van der Waals surface area contributed by atoms with Crippen molar-refractivity contribution in [3.8, 4) is 0 Å². The number of primary sulfonamides is 1. The van der Waals surface area contributed by atoms with Crippen LogP contribution in [-0.4, -0.2) is 19.8 Å². The van der Waals surface area contributed by atoms with Crippen LogP contribution in [0.1, 0.15) is 13.3 Å². The van der Waals surface area contributed by atoms with Crippen LogP contribution < -0.4 is 10.6 Å². The zero-order valence-electron chi connectivity index (χ0n) is 9.33. The summed E-state index contributed by atoms with van der Waals surface area (Å²) in [5.41, 5.74) is 3.02. The van der Waals surface area contributed by atoms with E-state index < -0.39 is 10.0 Å². The van der Waals surface area contributed by atoms with Gasteiger partial charge >= 0.3 is 0 Å².